The van der Waals surface area contributed by atoms with Crippen LogP contribution in [0.2, 0.25) is 0 Å². The van der Waals surface area contributed by atoms with Crippen LogP contribution in [0.1, 0.15) is 36.6 Å². The minimum atomic E-state index is -0.790. The Morgan fingerprint density at radius 2 is 1.74 bits per heavy atom. The SMILES string of the molecule is CCOC(=O)C1=C(C)NC(=O)N[C@H]1c1ccc(OCC(=O)N/N=C/c2c(OCc3ccc(F)cc3)ccc3ccccc23)c(OC)c1. The summed E-state index contributed by atoms with van der Waals surface area (Å²) in [5.41, 5.74) is 5.10. The Hall–Kier alpha value is -5.91. The van der Waals surface area contributed by atoms with Crippen LogP contribution in [0.4, 0.5) is 9.18 Å². The average Bonchev–Trinajstić information content (AvgIpc) is 3.07. The monoisotopic (exact) mass is 640 g/mol. The Bertz CT molecular complexity index is 1860. The molecule has 47 heavy (non-hydrogen) atoms. The number of carbonyl (C=O) groups is 3. The van der Waals surface area contributed by atoms with Crippen molar-refractivity contribution in [1.82, 2.24) is 16.1 Å². The molecule has 3 N–H and O–H groups in total. The van der Waals surface area contributed by atoms with Crippen LogP contribution in [0.3, 0.4) is 0 Å². The van der Waals surface area contributed by atoms with E-state index < -0.39 is 23.9 Å². The number of hydrogen-bond donors (Lipinski definition) is 3. The number of benzene rings is 4. The predicted molar refractivity (Wildman–Crippen MR) is 173 cm³/mol. The fourth-order valence-electron chi connectivity index (χ4n) is 5.03. The van der Waals surface area contributed by atoms with E-state index >= 15 is 0 Å². The lowest BCUT2D eigenvalue weighted by atomic mass is 9.95. The van der Waals surface area contributed by atoms with Gasteiger partial charge in [0, 0.05) is 11.3 Å². The van der Waals surface area contributed by atoms with E-state index in [0.29, 0.717) is 22.6 Å². The second kappa shape index (κ2) is 14.9. The molecular weight excluding hydrogens is 607 g/mol. The third-order valence-electron chi connectivity index (χ3n) is 7.27. The van der Waals surface area contributed by atoms with Gasteiger partial charge in [-0.1, -0.05) is 48.5 Å². The molecule has 0 spiro atoms. The molecule has 242 valence electrons. The summed E-state index contributed by atoms with van der Waals surface area (Å²) in [4.78, 5) is 37.6. The first-order chi connectivity index (χ1) is 22.8. The normalized spacial score (nSPS) is 14.4. The van der Waals surface area contributed by atoms with Crippen molar-refractivity contribution in [3.63, 3.8) is 0 Å². The van der Waals surface area contributed by atoms with Crippen LogP contribution in [0, 0.1) is 5.82 Å². The Balaban J connectivity index is 1.26. The molecule has 0 radical (unpaired) electrons. The first-order valence-electron chi connectivity index (χ1n) is 14.7. The van der Waals surface area contributed by atoms with E-state index in [1.54, 1.807) is 44.2 Å². The highest BCUT2D eigenvalue weighted by molar-refractivity contribution is 6.02. The smallest absolute Gasteiger partial charge is 0.338 e. The highest BCUT2D eigenvalue weighted by Crippen LogP contribution is 2.34. The lowest BCUT2D eigenvalue weighted by Gasteiger charge is -2.28. The van der Waals surface area contributed by atoms with Crippen LogP contribution in [0.15, 0.2) is 95.2 Å². The molecule has 4 aromatic carbocycles. The van der Waals surface area contributed by atoms with Gasteiger partial charge in [0.2, 0.25) is 0 Å². The van der Waals surface area contributed by atoms with Crippen molar-refractivity contribution in [3.05, 3.63) is 113 Å². The predicted octanol–water partition coefficient (Wildman–Crippen LogP) is 5.29. The number of rotatable bonds is 12. The first kappa shape index (κ1) is 32.5. The molecule has 5 rings (SSSR count). The van der Waals surface area contributed by atoms with Crippen molar-refractivity contribution in [2.75, 3.05) is 20.3 Å². The molecule has 4 aromatic rings. The topological polar surface area (TPSA) is 137 Å². The summed E-state index contributed by atoms with van der Waals surface area (Å²) in [6.07, 6.45) is 1.50. The van der Waals surface area contributed by atoms with Gasteiger partial charge < -0.3 is 29.6 Å². The summed E-state index contributed by atoms with van der Waals surface area (Å²) in [7, 11) is 1.44. The maximum Gasteiger partial charge on any atom is 0.338 e. The zero-order valence-corrected chi connectivity index (χ0v) is 26.0. The quantitative estimate of drug-likeness (QED) is 0.109. The molecular formula is C35H33FN4O7. The van der Waals surface area contributed by atoms with Gasteiger partial charge in [0.1, 0.15) is 18.2 Å². The summed E-state index contributed by atoms with van der Waals surface area (Å²) >= 11 is 0. The van der Waals surface area contributed by atoms with E-state index in [0.717, 1.165) is 16.3 Å². The van der Waals surface area contributed by atoms with Gasteiger partial charge in [-0.25, -0.2) is 19.4 Å². The van der Waals surface area contributed by atoms with E-state index in [-0.39, 0.29) is 42.7 Å². The van der Waals surface area contributed by atoms with Crippen molar-refractivity contribution in [2.45, 2.75) is 26.5 Å². The average molecular weight is 641 g/mol. The second-order valence-electron chi connectivity index (χ2n) is 10.4. The molecule has 11 nitrogen and oxygen atoms in total. The second-order valence-corrected chi connectivity index (χ2v) is 10.4. The van der Waals surface area contributed by atoms with Crippen LogP contribution in [0.25, 0.3) is 10.8 Å². The molecule has 0 saturated heterocycles. The van der Waals surface area contributed by atoms with Crippen molar-refractivity contribution in [2.24, 2.45) is 5.10 Å². The van der Waals surface area contributed by atoms with Gasteiger partial charge >= 0.3 is 12.0 Å². The summed E-state index contributed by atoms with van der Waals surface area (Å²) in [6.45, 7) is 3.32. The number of hydrazone groups is 1. The number of carbonyl (C=O) groups excluding carboxylic acids is 3. The molecule has 1 atom stereocenters. The number of urea groups is 1. The molecule has 1 aliphatic heterocycles. The van der Waals surface area contributed by atoms with Crippen molar-refractivity contribution >= 4 is 34.9 Å². The van der Waals surface area contributed by atoms with Crippen LogP contribution in [-0.2, 0) is 20.9 Å². The molecule has 0 bridgehead atoms. The third kappa shape index (κ3) is 7.85. The number of nitrogens with one attached hydrogen (secondary N) is 3. The van der Waals surface area contributed by atoms with E-state index in [2.05, 4.69) is 21.2 Å². The van der Waals surface area contributed by atoms with Gasteiger partial charge in [-0.2, -0.15) is 5.10 Å². The summed E-state index contributed by atoms with van der Waals surface area (Å²) in [6, 6.07) is 21.1. The molecule has 3 amide bonds. The highest BCUT2D eigenvalue weighted by Gasteiger charge is 2.32. The van der Waals surface area contributed by atoms with Crippen molar-refractivity contribution in [1.29, 1.82) is 0 Å². The third-order valence-corrected chi connectivity index (χ3v) is 7.27. The van der Waals surface area contributed by atoms with Gasteiger partial charge in [0.25, 0.3) is 5.91 Å². The molecule has 12 heteroatoms. The van der Waals surface area contributed by atoms with E-state index in [1.807, 2.05) is 36.4 Å². The number of fused-ring (bicyclic) bond motifs is 1. The number of esters is 1. The maximum absolute atomic E-state index is 13.3. The number of ether oxygens (including phenoxy) is 4. The van der Waals surface area contributed by atoms with Gasteiger partial charge in [-0.15, -0.1) is 0 Å². The van der Waals surface area contributed by atoms with Crippen molar-refractivity contribution in [3.8, 4) is 17.2 Å². The molecule has 0 unspecified atom stereocenters. The lowest BCUT2D eigenvalue weighted by Crippen LogP contribution is -2.45. The lowest BCUT2D eigenvalue weighted by molar-refractivity contribution is -0.139. The molecule has 0 saturated carbocycles. The van der Waals surface area contributed by atoms with E-state index in [1.165, 1.54) is 25.5 Å². The van der Waals surface area contributed by atoms with E-state index in [4.69, 9.17) is 18.9 Å². The van der Waals surface area contributed by atoms with Crippen LogP contribution in [0.5, 0.6) is 17.2 Å². The fourth-order valence-corrected chi connectivity index (χ4v) is 5.03. The van der Waals surface area contributed by atoms with Crippen molar-refractivity contribution < 1.29 is 37.7 Å². The largest absolute Gasteiger partial charge is 0.493 e. The number of amides is 3. The standard InChI is InChI=1S/C35H33FN4O7/c1-4-45-34(42)32-21(2)38-35(43)39-33(32)24-12-16-29(30(17-24)44-3)47-20-31(41)40-37-18-27-26-8-6-5-7-23(26)11-15-28(27)46-19-22-9-13-25(36)14-10-22/h5-18,33H,4,19-20H2,1-3H3,(H,40,41)(H2,38,39,43)/b37-18+/t33-/m0/s1. The Morgan fingerprint density at radius 1 is 0.979 bits per heavy atom. The number of allylic oxidation sites excluding steroid dienone is 1. The zero-order chi connectivity index (χ0) is 33.3. The highest BCUT2D eigenvalue weighted by atomic mass is 19.1. The fraction of sp³-hybridized carbons (Fsp3) is 0.200. The first-order valence-corrected chi connectivity index (χ1v) is 14.7. The maximum atomic E-state index is 13.3. The Morgan fingerprint density at radius 3 is 2.51 bits per heavy atom. The number of hydrogen-bond acceptors (Lipinski definition) is 8. The minimum absolute atomic E-state index is 0.174. The molecule has 0 fully saturated rings. The molecule has 1 heterocycles. The molecule has 0 aliphatic carbocycles. The number of nitrogens with zero attached hydrogens (tertiary/aromatic N) is 1. The Labute approximate surface area is 270 Å². The van der Waals surface area contributed by atoms with Crippen LogP contribution < -0.4 is 30.3 Å². The Kier molecular flexibility index (Phi) is 10.3. The molecule has 1 aliphatic rings. The van der Waals surface area contributed by atoms with Crippen LogP contribution >= 0.6 is 0 Å². The summed E-state index contributed by atoms with van der Waals surface area (Å²) in [5.74, 6) is -0.338. The van der Waals surface area contributed by atoms with Gasteiger partial charge in [-0.3, -0.25) is 4.79 Å². The van der Waals surface area contributed by atoms with Gasteiger partial charge in [0.15, 0.2) is 18.1 Å². The summed E-state index contributed by atoms with van der Waals surface area (Å²) in [5, 5.41) is 11.3. The van der Waals surface area contributed by atoms with Crippen LogP contribution in [-0.4, -0.2) is 44.4 Å². The molecule has 0 aromatic heterocycles. The van der Waals surface area contributed by atoms with Gasteiger partial charge in [-0.05, 0) is 66.1 Å². The number of halogens is 1. The van der Waals surface area contributed by atoms with Gasteiger partial charge in [0.05, 0.1) is 31.5 Å². The summed E-state index contributed by atoms with van der Waals surface area (Å²) < 4.78 is 35.7. The number of methoxy groups -OCH3 is 1. The van der Waals surface area contributed by atoms with E-state index in [9.17, 15) is 18.8 Å². The zero-order valence-electron chi connectivity index (χ0n) is 26.0. The minimum Gasteiger partial charge on any atom is -0.493 e.